The van der Waals surface area contributed by atoms with Crippen LogP contribution in [0.2, 0.25) is 0 Å². The molecule has 2 aromatic heterocycles. The summed E-state index contributed by atoms with van der Waals surface area (Å²) in [5.41, 5.74) is 7.76. The van der Waals surface area contributed by atoms with E-state index in [0.29, 0.717) is 35.6 Å². The number of piperidine rings is 1. The van der Waals surface area contributed by atoms with Gasteiger partial charge in [-0.1, -0.05) is 17.3 Å². The van der Waals surface area contributed by atoms with E-state index in [0.717, 1.165) is 12.8 Å². The van der Waals surface area contributed by atoms with Crippen molar-refractivity contribution in [2.45, 2.75) is 45.3 Å². The van der Waals surface area contributed by atoms with Gasteiger partial charge in [0.25, 0.3) is 0 Å². The number of anilines is 1. The van der Waals surface area contributed by atoms with Gasteiger partial charge in [-0.15, -0.1) is 15.3 Å². The number of nitrogens with two attached hydrogens (primary N) is 1. The van der Waals surface area contributed by atoms with Crippen molar-refractivity contribution >= 4 is 11.9 Å². The Morgan fingerprint density at radius 2 is 1.81 bits per heavy atom. The number of nitrogen functional groups attached to an aromatic ring is 1. The average molecular weight is 438 g/mol. The first-order valence-electron chi connectivity index (χ1n) is 10.5. The molecular weight excluding hydrogens is 410 g/mol. The molecule has 3 heterocycles. The molecule has 1 aromatic carbocycles. The summed E-state index contributed by atoms with van der Waals surface area (Å²) < 4.78 is 7.26. The Labute approximate surface area is 186 Å². The van der Waals surface area contributed by atoms with Gasteiger partial charge in [0.1, 0.15) is 17.0 Å². The molecule has 10 heteroatoms. The van der Waals surface area contributed by atoms with Gasteiger partial charge < -0.3 is 20.5 Å². The fourth-order valence-electron chi connectivity index (χ4n) is 3.65. The summed E-state index contributed by atoms with van der Waals surface area (Å²) in [6, 6.07) is 8.76. The number of para-hydroxylation sites is 1. The zero-order chi connectivity index (χ0) is 22.9. The molecule has 1 amide bonds. The molecule has 32 heavy (non-hydrogen) atoms. The topological polar surface area (TPSA) is 132 Å². The van der Waals surface area contributed by atoms with Crippen LogP contribution in [-0.4, -0.2) is 60.0 Å². The normalized spacial score (nSPS) is 15.0. The van der Waals surface area contributed by atoms with Gasteiger partial charge in [-0.3, -0.25) is 0 Å². The number of likely N-dealkylation sites (tertiary alicyclic amines) is 1. The average Bonchev–Trinajstić information content (AvgIpc) is 3.23. The van der Waals surface area contributed by atoms with E-state index in [2.05, 4.69) is 20.5 Å². The lowest BCUT2D eigenvalue weighted by molar-refractivity contribution is 0.0184. The molecule has 168 valence electrons. The first kappa shape index (κ1) is 21.5. The SMILES string of the molecule is CC(C)(C)OC(=O)N1CCC(n2cc(-c3cc(-c4ccccc4O)nnc3N)nn2)CC1. The number of aromatic hydroxyl groups is 1. The number of carbonyl (C=O) groups excluding carboxylic acids is 1. The lowest BCUT2D eigenvalue weighted by Gasteiger charge is -2.33. The Hall–Kier alpha value is -3.69. The number of phenolic OH excluding ortho intramolecular Hbond substituents is 1. The third-order valence-corrected chi connectivity index (χ3v) is 5.28. The molecule has 0 aliphatic carbocycles. The number of nitrogens with zero attached hydrogens (tertiary/aromatic N) is 6. The smallest absolute Gasteiger partial charge is 0.410 e. The molecule has 0 unspecified atom stereocenters. The Morgan fingerprint density at radius 1 is 1.09 bits per heavy atom. The minimum absolute atomic E-state index is 0.109. The van der Waals surface area contributed by atoms with Gasteiger partial charge in [0.2, 0.25) is 0 Å². The molecule has 1 aliphatic rings. The number of carbonyl (C=O) groups is 1. The van der Waals surface area contributed by atoms with Crippen LogP contribution in [0.3, 0.4) is 0 Å². The molecule has 0 bridgehead atoms. The van der Waals surface area contributed by atoms with E-state index in [1.165, 1.54) is 0 Å². The molecule has 4 rings (SSSR count). The number of phenols is 1. The summed E-state index contributed by atoms with van der Waals surface area (Å²) in [5, 5.41) is 26.8. The minimum atomic E-state index is -0.511. The van der Waals surface area contributed by atoms with E-state index in [1.807, 2.05) is 33.0 Å². The van der Waals surface area contributed by atoms with Crippen LogP contribution >= 0.6 is 0 Å². The number of benzene rings is 1. The summed E-state index contributed by atoms with van der Waals surface area (Å²) in [5.74, 6) is 0.342. The van der Waals surface area contributed by atoms with Crippen LogP contribution in [0.4, 0.5) is 10.6 Å². The monoisotopic (exact) mass is 437 g/mol. The van der Waals surface area contributed by atoms with E-state index in [1.54, 1.807) is 33.8 Å². The molecule has 3 aromatic rings. The van der Waals surface area contributed by atoms with Crippen LogP contribution in [0.5, 0.6) is 5.75 Å². The second kappa shape index (κ2) is 8.45. The van der Waals surface area contributed by atoms with Crippen molar-refractivity contribution in [1.29, 1.82) is 0 Å². The van der Waals surface area contributed by atoms with Gasteiger partial charge in [0.05, 0.1) is 17.9 Å². The van der Waals surface area contributed by atoms with E-state index in [4.69, 9.17) is 10.5 Å². The summed E-state index contributed by atoms with van der Waals surface area (Å²) in [6.45, 7) is 6.76. The highest BCUT2D eigenvalue weighted by atomic mass is 16.6. The number of amides is 1. The first-order valence-corrected chi connectivity index (χ1v) is 10.5. The standard InChI is InChI=1S/C22H27N7O3/c1-22(2,3)32-21(31)28-10-8-14(9-11-28)29-13-18(25-27-29)16-12-17(24-26-20(16)23)15-6-4-5-7-19(15)30/h4-7,12-14,30H,8-11H2,1-3H3,(H2,23,26). The van der Waals surface area contributed by atoms with Crippen molar-refractivity contribution in [2.75, 3.05) is 18.8 Å². The molecule has 0 atom stereocenters. The zero-order valence-electron chi connectivity index (χ0n) is 18.4. The van der Waals surface area contributed by atoms with Gasteiger partial charge in [-0.2, -0.15) is 0 Å². The molecule has 1 fully saturated rings. The van der Waals surface area contributed by atoms with Gasteiger partial charge in [0, 0.05) is 24.2 Å². The lowest BCUT2D eigenvalue weighted by Crippen LogP contribution is -2.42. The molecule has 1 aliphatic heterocycles. The highest BCUT2D eigenvalue weighted by Gasteiger charge is 2.28. The van der Waals surface area contributed by atoms with Crippen molar-refractivity contribution in [3.63, 3.8) is 0 Å². The quantitative estimate of drug-likeness (QED) is 0.638. The van der Waals surface area contributed by atoms with E-state index in [-0.39, 0.29) is 23.7 Å². The van der Waals surface area contributed by atoms with Crippen LogP contribution < -0.4 is 5.73 Å². The molecule has 0 spiro atoms. The first-order chi connectivity index (χ1) is 15.2. The van der Waals surface area contributed by atoms with Crippen molar-refractivity contribution in [3.8, 4) is 28.3 Å². The van der Waals surface area contributed by atoms with Crippen molar-refractivity contribution in [3.05, 3.63) is 36.5 Å². The molecule has 1 saturated heterocycles. The van der Waals surface area contributed by atoms with Gasteiger partial charge in [-0.05, 0) is 51.8 Å². The second-order valence-electron chi connectivity index (χ2n) is 8.83. The molecule has 0 radical (unpaired) electrons. The van der Waals surface area contributed by atoms with Crippen LogP contribution in [-0.2, 0) is 4.74 Å². The lowest BCUT2D eigenvalue weighted by atomic mass is 10.1. The summed E-state index contributed by atoms with van der Waals surface area (Å²) in [4.78, 5) is 14.0. The number of aromatic nitrogens is 5. The van der Waals surface area contributed by atoms with Gasteiger partial charge in [-0.25, -0.2) is 9.48 Å². The molecule has 10 nitrogen and oxygen atoms in total. The number of hydrogen-bond donors (Lipinski definition) is 2. The number of hydrogen-bond acceptors (Lipinski definition) is 8. The van der Waals surface area contributed by atoms with Crippen LogP contribution in [0.15, 0.2) is 36.5 Å². The Bertz CT molecular complexity index is 1110. The van der Waals surface area contributed by atoms with Crippen LogP contribution in [0, 0.1) is 0 Å². The third-order valence-electron chi connectivity index (χ3n) is 5.28. The molecule has 3 N–H and O–H groups in total. The largest absolute Gasteiger partial charge is 0.507 e. The van der Waals surface area contributed by atoms with Gasteiger partial charge >= 0.3 is 6.09 Å². The number of rotatable bonds is 3. The number of ether oxygens (including phenoxy) is 1. The molecular formula is C22H27N7O3. The molecule has 0 saturated carbocycles. The Balaban J connectivity index is 1.49. The van der Waals surface area contributed by atoms with Crippen molar-refractivity contribution in [2.24, 2.45) is 0 Å². The van der Waals surface area contributed by atoms with Crippen molar-refractivity contribution < 1.29 is 14.6 Å². The highest BCUT2D eigenvalue weighted by molar-refractivity contribution is 5.76. The zero-order valence-corrected chi connectivity index (χ0v) is 18.4. The fraction of sp³-hybridized carbons (Fsp3) is 0.409. The predicted molar refractivity (Wildman–Crippen MR) is 119 cm³/mol. The van der Waals surface area contributed by atoms with Gasteiger partial charge in [0.15, 0.2) is 5.82 Å². The van der Waals surface area contributed by atoms with E-state index in [9.17, 15) is 9.90 Å². The maximum Gasteiger partial charge on any atom is 0.410 e. The van der Waals surface area contributed by atoms with E-state index >= 15 is 0 Å². The van der Waals surface area contributed by atoms with Crippen molar-refractivity contribution in [1.82, 2.24) is 30.1 Å². The minimum Gasteiger partial charge on any atom is -0.507 e. The fourth-order valence-corrected chi connectivity index (χ4v) is 3.65. The summed E-state index contributed by atoms with van der Waals surface area (Å²) in [6.07, 6.45) is 3.03. The summed E-state index contributed by atoms with van der Waals surface area (Å²) in [7, 11) is 0. The summed E-state index contributed by atoms with van der Waals surface area (Å²) >= 11 is 0. The van der Waals surface area contributed by atoms with E-state index < -0.39 is 5.60 Å². The highest BCUT2D eigenvalue weighted by Crippen LogP contribution is 2.32. The maximum absolute atomic E-state index is 12.3. The maximum atomic E-state index is 12.3. The third kappa shape index (κ3) is 4.63. The Kier molecular flexibility index (Phi) is 5.68. The second-order valence-corrected chi connectivity index (χ2v) is 8.83. The van der Waals surface area contributed by atoms with Crippen LogP contribution in [0.1, 0.15) is 39.7 Å². The predicted octanol–water partition coefficient (Wildman–Crippen LogP) is 3.26. The van der Waals surface area contributed by atoms with Crippen LogP contribution in [0.25, 0.3) is 22.5 Å². The Morgan fingerprint density at radius 3 is 2.50 bits per heavy atom.